The van der Waals surface area contributed by atoms with Crippen molar-refractivity contribution in [3.05, 3.63) is 65.7 Å². The molecule has 1 fully saturated rings. The van der Waals surface area contributed by atoms with Crippen molar-refractivity contribution in [3.63, 3.8) is 0 Å². The zero-order chi connectivity index (χ0) is 17.6. The minimum absolute atomic E-state index is 0.121. The first-order valence-corrected chi connectivity index (χ1v) is 8.69. The minimum Gasteiger partial charge on any atom is -0.497 e. The fourth-order valence-electron chi connectivity index (χ4n) is 3.14. The maximum atomic E-state index is 12.9. The average molecular weight is 339 g/mol. The molecule has 1 aliphatic rings. The summed E-state index contributed by atoms with van der Waals surface area (Å²) in [4.78, 5) is 14.8. The van der Waals surface area contributed by atoms with E-state index in [1.54, 1.807) is 7.11 Å². The van der Waals surface area contributed by atoms with Crippen LogP contribution in [0.1, 0.15) is 30.5 Å². The van der Waals surface area contributed by atoms with Crippen LogP contribution in [-0.4, -0.2) is 30.5 Å². The molecule has 1 amide bonds. The van der Waals surface area contributed by atoms with Crippen molar-refractivity contribution in [2.24, 2.45) is 0 Å². The van der Waals surface area contributed by atoms with Gasteiger partial charge in [0.05, 0.1) is 7.11 Å². The van der Waals surface area contributed by atoms with Crippen LogP contribution in [0.2, 0.25) is 0 Å². The Bertz CT molecular complexity index is 688. The zero-order valence-electron chi connectivity index (χ0n) is 14.7. The van der Waals surface area contributed by atoms with Crippen LogP contribution < -0.4 is 15.6 Å². The Labute approximate surface area is 149 Å². The van der Waals surface area contributed by atoms with E-state index in [-0.39, 0.29) is 18.0 Å². The van der Waals surface area contributed by atoms with E-state index in [9.17, 15) is 4.79 Å². The van der Waals surface area contributed by atoms with Gasteiger partial charge in [-0.05, 0) is 36.6 Å². The van der Waals surface area contributed by atoms with Gasteiger partial charge in [0, 0.05) is 19.1 Å². The highest BCUT2D eigenvalue weighted by Crippen LogP contribution is 2.25. The highest BCUT2D eigenvalue weighted by Gasteiger charge is 2.32. The molecule has 1 aliphatic heterocycles. The van der Waals surface area contributed by atoms with Crippen LogP contribution >= 0.6 is 0 Å². The number of carbonyl (C=O) groups is 1. The van der Waals surface area contributed by atoms with Gasteiger partial charge in [-0.1, -0.05) is 42.5 Å². The number of hydrogen-bond donors (Lipinski definition) is 2. The van der Waals surface area contributed by atoms with Gasteiger partial charge in [-0.15, -0.1) is 0 Å². The van der Waals surface area contributed by atoms with Crippen LogP contribution in [-0.2, 0) is 11.3 Å². The monoisotopic (exact) mass is 339 g/mol. The van der Waals surface area contributed by atoms with Crippen molar-refractivity contribution in [1.29, 1.82) is 0 Å². The highest BCUT2D eigenvalue weighted by atomic mass is 16.5. The van der Waals surface area contributed by atoms with Gasteiger partial charge < -0.3 is 9.64 Å². The van der Waals surface area contributed by atoms with E-state index < -0.39 is 0 Å². The maximum absolute atomic E-state index is 12.9. The molecule has 1 saturated heterocycles. The van der Waals surface area contributed by atoms with E-state index in [4.69, 9.17) is 4.74 Å². The fourth-order valence-corrected chi connectivity index (χ4v) is 3.14. The molecule has 0 aromatic heterocycles. The Hall–Kier alpha value is -2.37. The van der Waals surface area contributed by atoms with Gasteiger partial charge >= 0.3 is 0 Å². The number of hydrazine groups is 1. The Morgan fingerprint density at radius 2 is 1.84 bits per heavy atom. The smallest absolute Gasteiger partial charge is 0.241 e. The van der Waals surface area contributed by atoms with Crippen LogP contribution in [0, 0.1) is 0 Å². The number of amides is 1. The first-order chi connectivity index (χ1) is 12.2. The molecule has 5 heteroatoms. The molecule has 3 rings (SSSR count). The van der Waals surface area contributed by atoms with Gasteiger partial charge in [0.25, 0.3) is 0 Å². The lowest BCUT2D eigenvalue weighted by Gasteiger charge is -2.24. The van der Waals surface area contributed by atoms with Crippen LogP contribution in [0.15, 0.2) is 54.6 Å². The predicted molar refractivity (Wildman–Crippen MR) is 97.9 cm³/mol. The zero-order valence-corrected chi connectivity index (χ0v) is 14.7. The molecular weight excluding hydrogens is 314 g/mol. The highest BCUT2D eigenvalue weighted by molar-refractivity contribution is 5.82. The number of nitrogens with zero attached hydrogens (tertiary/aromatic N) is 1. The van der Waals surface area contributed by atoms with Crippen LogP contribution in [0.25, 0.3) is 0 Å². The van der Waals surface area contributed by atoms with Crippen LogP contribution in [0.5, 0.6) is 5.75 Å². The van der Waals surface area contributed by atoms with Crippen molar-refractivity contribution >= 4 is 5.91 Å². The van der Waals surface area contributed by atoms with Crippen molar-refractivity contribution < 1.29 is 9.53 Å². The summed E-state index contributed by atoms with van der Waals surface area (Å²) in [6, 6.07) is 18.0. The first-order valence-electron chi connectivity index (χ1n) is 8.69. The maximum Gasteiger partial charge on any atom is 0.241 e. The first kappa shape index (κ1) is 17.5. The second kappa shape index (κ2) is 8.14. The Morgan fingerprint density at radius 3 is 2.48 bits per heavy atom. The second-order valence-corrected chi connectivity index (χ2v) is 6.24. The third-order valence-corrected chi connectivity index (χ3v) is 4.63. The summed E-state index contributed by atoms with van der Waals surface area (Å²) < 4.78 is 5.20. The van der Waals surface area contributed by atoms with Gasteiger partial charge in [0.1, 0.15) is 11.8 Å². The molecule has 2 aromatic rings. The molecule has 1 heterocycles. The van der Waals surface area contributed by atoms with E-state index in [2.05, 4.69) is 23.0 Å². The van der Waals surface area contributed by atoms with Crippen LogP contribution in [0.4, 0.5) is 0 Å². The molecule has 2 unspecified atom stereocenters. The Balaban J connectivity index is 1.62. The lowest BCUT2D eigenvalue weighted by Crippen LogP contribution is -2.45. The summed E-state index contributed by atoms with van der Waals surface area (Å²) in [5.41, 5.74) is 8.70. The molecule has 0 radical (unpaired) electrons. The number of hydrogen-bond acceptors (Lipinski definition) is 4. The minimum atomic E-state index is -0.212. The van der Waals surface area contributed by atoms with E-state index >= 15 is 0 Å². The van der Waals surface area contributed by atoms with Crippen molar-refractivity contribution in [1.82, 2.24) is 15.8 Å². The summed E-state index contributed by atoms with van der Waals surface area (Å²) >= 11 is 0. The topological polar surface area (TPSA) is 53.6 Å². The molecular formula is C20H25N3O2. The number of ether oxygens (including phenoxy) is 1. The normalized spacial score (nSPS) is 19.6. The number of likely N-dealkylation sites (N-methyl/N-ethyl adjacent to an activating group) is 1. The van der Waals surface area contributed by atoms with E-state index in [0.29, 0.717) is 13.1 Å². The third kappa shape index (κ3) is 4.18. The van der Waals surface area contributed by atoms with Crippen LogP contribution in [0.3, 0.4) is 0 Å². The molecule has 0 spiro atoms. The second-order valence-electron chi connectivity index (χ2n) is 6.24. The average Bonchev–Trinajstić information content (AvgIpc) is 3.16. The summed E-state index contributed by atoms with van der Waals surface area (Å²) in [5, 5.41) is 0. The predicted octanol–water partition coefficient (Wildman–Crippen LogP) is 2.65. The van der Waals surface area contributed by atoms with Crippen molar-refractivity contribution in [3.8, 4) is 5.75 Å². The summed E-state index contributed by atoms with van der Waals surface area (Å²) in [6.45, 7) is 3.35. The lowest BCUT2D eigenvalue weighted by molar-refractivity contribution is -0.133. The fraction of sp³-hybridized carbons (Fsp3) is 0.350. The van der Waals surface area contributed by atoms with Gasteiger partial charge in [0.15, 0.2) is 0 Å². The number of rotatable bonds is 6. The number of nitrogens with one attached hydrogen (secondary N) is 2. The molecule has 2 atom stereocenters. The van der Waals surface area contributed by atoms with E-state index in [1.165, 1.54) is 0 Å². The van der Waals surface area contributed by atoms with E-state index in [0.717, 1.165) is 23.3 Å². The van der Waals surface area contributed by atoms with Gasteiger partial charge in [-0.25, -0.2) is 10.9 Å². The van der Waals surface area contributed by atoms with Crippen molar-refractivity contribution in [2.75, 3.05) is 13.7 Å². The standard InChI is InChI=1S/C20H25N3O2/c1-3-23(14-15-7-5-4-6-8-15)20(24)19-13-18(21-22-19)16-9-11-17(25-2)12-10-16/h4-12,18-19,21-22H,3,13-14H2,1-2H3. The molecule has 0 saturated carbocycles. The van der Waals surface area contributed by atoms with Gasteiger partial charge in [0.2, 0.25) is 5.91 Å². The molecule has 5 nitrogen and oxygen atoms in total. The molecule has 0 bridgehead atoms. The van der Waals surface area contributed by atoms with Gasteiger partial charge in [-0.3, -0.25) is 4.79 Å². The SMILES string of the molecule is CCN(Cc1ccccc1)C(=O)C1CC(c2ccc(OC)cc2)NN1. The lowest BCUT2D eigenvalue weighted by atomic mass is 10.0. The Morgan fingerprint density at radius 1 is 1.12 bits per heavy atom. The Kier molecular flexibility index (Phi) is 5.68. The quantitative estimate of drug-likeness (QED) is 0.850. The number of carbonyl (C=O) groups excluding carboxylic acids is 1. The van der Waals surface area contributed by atoms with Gasteiger partial charge in [-0.2, -0.15) is 0 Å². The largest absolute Gasteiger partial charge is 0.497 e. The molecule has 2 N–H and O–H groups in total. The molecule has 2 aromatic carbocycles. The molecule has 0 aliphatic carbocycles. The molecule has 132 valence electrons. The molecule has 25 heavy (non-hydrogen) atoms. The number of methoxy groups -OCH3 is 1. The summed E-state index contributed by atoms with van der Waals surface area (Å²) in [5.74, 6) is 0.970. The van der Waals surface area contributed by atoms with Crippen molar-refractivity contribution in [2.45, 2.75) is 32.0 Å². The summed E-state index contributed by atoms with van der Waals surface area (Å²) in [7, 11) is 1.66. The van der Waals surface area contributed by atoms with E-state index in [1.807, 2.05) is 54.3 Å². The summed E-state index contributed by atoms with van der Waals surface area (Å²) in [6.07, 6.45) is 0.733. The third-order valence-electron chi connectivity index (χ3n) is 4.63. The number of benzene rings is 2.